The summed E-state index contributed by atoms with van der Waals surface area (Å²) in [4.78, 5) is 27.9. The molecular formula is C27H29BrClN3O5S. The van der Waals surface area contributed by atoms with Crippen LogP contribution < -0.4 is 14.4 Å². The largest absolute Gasteiger partial charge is 0.497 e. The van der Waals surface area contributed by atoms with Crippen molar-refractivity contribution in [1.82, 2.24) is 10.2 Å². The van der Waals surface area contributed by atoms with Crippen LogP contribution in [0.1, 0.15) is 19.4 Å². The molecule has 1 N–H and O–H groups in total. The zero-order chi connectivity index (χ0) is 27.9. The Hall–Kier alpha value is -3.08. The molecule has 0 fully saturated rings. The van der Waals surface area contributed by atoms with Crippen LogP contribution in [0.2, 0.25) is 5.02 Å². The highest BCUT2D eigenvalue weighted by atomic mass is 79.9. The van der Waals surface area contributed by atoms with Crippen LogP contribution in [-0.4, -0.2) is 51.4 Å². The summed E-state index contributed by atoms with van der Waals surface area (Å²) >= 11 is 9.57. The van der Waals surface area contributed by atoms with E-state index >= 15 is 0 Å². The van der Waals surface area contributed by atoms with Crippen molar-refractivity contribution < 1.29 is 22.7 Å². The smallest absolute Gasteiger partial charge is 0.264 e. The summed E-state index contributed by atoms with van der Waals surface area (Å²) in [6, 6.07) is 18.6. The van der Waals surface area contributed by atoms with Crippen LogP contribution in [0.3, 0.4) is 0 Å². The molecule has 11 heteroatoms. The van der Waals surface area contributed by atoms with Crippen molar-refractivity contribution in [2.45, 2.75) is 31.3 Å². The average molecular weight is 623 g/mol. The van der Waals surface area contributed by atoms with E-state index in [0.717, 1.165) is 14.3 Å². The Balaban J connectivity index is 2.02. The zero-order valence-corrected chi connectivity index (χ0v) is 24.4. The second kappa shape index (κ2) is 13.1. The quantitative estimate of drug-likeness (QED) is 0.330. The second-order valence-corrected chi connectivity index (χ2v) is 11.6. The van der Waals surface area contributed by atoms with Gasteiger partial charge in [-0.2, -0.15) is 0 Å². The number of nitrogens with zero attached hydrogens (tertiary/aromatic N) is 2. The van der Waals surface area contributed by atoms with Gasteiger partial charge in [-0.05, 0) is 74.0 Å². The van der Waals surface area contributed by atoms with E-state index in [2.05, 4.69) is 21.2 Å². The fraction of sp³-hybridized carbons (Fsp3) is 0.259. The molecule has 2 amide bonds. The fourth-order valence-corrected chi connectivity index (χ4v) is 5.58. The number of ether oxygens (including phenoxy) is 1. The maximum Gasteiger partial charge on any atom is 0.264 e. The molecule has 0 saturated carbocycles. The van der Waals surface area contributed by atoms with Crippen molar-refractivity contribution in [3.8, 4) is 5.75 Å². The van der Waals surface area contributed by atoms with Crippen molar-refractivity contribution in [3.63, 3.8) is 0 Å². The normalized spacial score (nSPS) is 11.9. The molecule has 202 valence electrons. The Morgan fingerprint density at radius 2 is 1.71 bits per heavy atom. The highest BCUT2D eigenvalue weighted by Gasteiger charge is 2.32. The molecule has 3 aromatic carbocycles. The lowest BCUT2D eigenvalue weighted by Crippen LogP contribution is -2.51. The molecule has 0 aliphatic rings. The lowest BCUT2D eigenvalue weighted by atomic mass is 10.1. The molecule has 3 rings (SSSR count). The van der Waals surface area contributed by atoms with Gasteiger partial charge in [0.05, 0.1) is 17.7 Å². The lowest BCUT2D eigenvalue weighted by molar-refractivity contribution is -0.139. The average Bonchev–Trinajstić information content (AvgIpc) is 2.91. The number of methoxy groups -OCH3 is 1. The maximum absolute atomic E-state index is 13.8. The molecular weight excluding hydrogens is 594 g/mol. The molecule has 0 unspecified atom stereocenters. The van der Waals surface area contributed by atoms with Gasteiger partial charge in [-0.3, -0.25) is 13.9 Å². The number of amides is 2. The summed E-state index contributed by atoms with van der Waals surface area (Å²) in [5.74, 6) is -0.403. The maximum atomic E-state index is 13.8. The van der Waals surface area contributed by atoms with E-state index in [1.807, 2.05) is 24.3 Å². The first-order valence-corrected chi connectivity index (χ1v) is 14.4. The topological polar surface area (TPSA) is 96.0 Å². The van der Waals surface area contributed by atoms with Gasteiger partial charge in [-0.1, -0.05) is 45.7 Å². The molecule has 0 aliphatic heterocycles. The van der Waals surface area contributed by atoms with E-state index in [9.17, 15) is 18.0 Å². The summed E-state index contributed by atoms with van der Waals surface area (Å²) in [5.41, 5.74) is 1.00. The van der Waals surface area contributed by atoms with Crippen LogP contribution in [0.25, 0.3) is 0 Å². The number of likely N-dealkylation sites (N-methyl/N-ethyl adjacent to an activating group) is 1. The van der Waals surface area contributed by atoms with Crippen LogP contribution in [0.15, 0.2) is 82.2 Å². The van der Waals surface area contributed by atoms with Gasteiger partial charge >= 0.3 is 0 Å². The van der Waals surface area contributed by atoms with E-state index in [-0.39, 0.29) is 23.0 Å². The van der Waals surface area contributed by atoms with Crippen molar-refractivity contribution in [2.24, 2.45) is 0 Å². The highest BCUT2D eigenvalue weighted by Crippen LogP contribution is 2.28. The van der Waals surface area contributed by atoms with Gasteiger partial charge in [0, 0.05) is 22.6 Å². The Kier molecular flexibility index (Phi) is 10.2. The third-order valence-corrected chi connectivity index (χ3v) is 8.36. The minimum Gasteiger partial charge on any atom is -0.497 e. The van der Waals surface area contributed by atoms with Crippen LogP contribution in [0, 0.1) is 0 Å². The molecule has 0 heterocycles. The Labute approximate surface area is 236 Å². The molecule has 8 nitrogen and oxygen atoms in total. The van der Waals surface area contributed by atoms with Crippen LogP contribution >= 0.6 is 27.5 Å². The molecule has 1 atom stereocenters. The van der Waals surface area contributed by atoms with Gasteiger partial charge in [-0.25, -0.2) is 8.42 Å². The third kappa shape index (κ3) is 7.27. The zero-order valence-electron chi connectivity index (χ0n) is 21.2. The minimum atomic E-state index is -4.19. The summed E-state index contributed by atoms with van der Waals surface area (Å²) < 4.78 is 34.6. The second-order valence-electron chi connectivity index (χ2n) is 8.39. The first kappa shape index (κ1) is 29.5. The molecule has 38 heavy (non-hydrogen) atoms. The van der Waals surface area contributed by atoms with Gasteiger partial charge in [0.15, 0.2) is 0 Å². The monoisotopic (exact) mass is 621 g/mol. The van der Waals surface area contributed by atoms with Crippen LogP contribution in [0.4, 0.5) is 5.69 Å². The number of nitrogens with one attached hydrogen (secondary N) is 1. The van der Waals surface area contributed by atoms with Crippen molar-refractivity contribution in [2.75, 3.05) is 24.5 Å². The predicted octanol–water partition coefficient (Wildman–Crippen LogP) is 4.86. The van der Waals surface area contributed by atoms with Crippen molar-refractivity contribution >= 4 is 55.1 Å². The number of carbonyl (C=O) groups excluding carboxylic acids is 2. The van der Waals surface area contributed by atoms with Gasteiger partial charge in [0.1, 0.15) is 18.3 Å². The summed E-state index contributed by atoms with van der Waals surface area (Å²) in [6.07, 6.45) is 0. The minimum absolute atomic E-state index is 0.0256. The number of hydrogen-bond donors (Lipinski definition) is 1. The number of benzene rings is 3. The lowest BCUT2D eigenvalue weighted by Gasteiger charge is -2.32. The van der Waals surface area contributed by atoms with Crippen molar-refractivity contribution in [3.05, 3.63) is 87.9 Å². The van der Waals surface area contributed by atoms with Crippen molar-refractivity contribution in [1.29, 1.82) is 0 Å². The fourth-order valence-electron chi connectivity index (χ4n) is 3.73. The molecule has 0 radical (unpaired) electrons. The highest BCUT2D eigenvalue weighted by molar-refractivity contribution is 9.10. The molecule has 3 aromatic rings. The summed E-state index contributed by atoms with van der Waals surface area (Å²) in [6.45, 7) is 3.35. The number of halogens is 2. The summed E-state index contributed by atoms with van der Waals surface area (Å²) in [7, 11) is -2.71. The van der Waals surface area contributed by atoms with Gasteiger partial charge < -0.3 is 15.0 Å². The number of hydrogen-bond acceptors (Lipinski definition) is 5. The van der Waals surface area contributed by atoms with E-state index in [1.165, 1.54) is 42.3 Å². The summed E-state index contributed by atoms with van der Waals surface area (Å²) in [5, 5.41) is 3.05. The molecule has 0 aromatic heterocycles. The first-order valence-electron chi connectivity index (χ1n) is 11.8. The van der Waals surface area contributed by atoms with Gasteiger partial charge in [-0.15, -0.1) is 0 Å². The number of sulfonamides is 1. The number of carbonyl (C=O) groups is 2. The van der Waals surface area contributed by atoms with E-state index in [1.54, 1.807) is 32.0 Å². The van der Waals surface area contributed by atoms with Crippen LogP contribution in [-0.2, 0) is 26.2 Å². The SMILES string of the molecule is CCNC(=O)[C@H](C)N(Cc1ccc(Br)cc1)C(=O)CN(c1cccc(Cl)c1)S(=O)(=O)c1ccc(OC)cc1. The Morgan fingerprint density at radius 3 is 2.29 bits per heavy atom. The predicted molar refractivity (Wildman–Crippen MR) is 152 cm³/mol. The van der Waals surface area contributed by atoms with Gasteiger partial charge in [0.25, 0.3) is 10.0 Å². The molecule has 0 aliphatic carbocycles. The van der Waals surface area contributed by atoms with E-state index in [0.29, 0.717) is 17.3 Å². The Bertz CT molecular complexity index is 1370. The third-order valence-electron chi connectivity index (χ3n) is 5.81. The van der Waals surface area contributed by atoms with E-state index < -0.39 is 28.5 Å². The molecule has 0 spiro atoms. The number of anilines is 1. The van der Waals surface area contributed by atoms with Crippen LogP contribution in [0.5, 0.6) is 5.75 Å². The van der Waals surface area contributed by atoms with E-state index in [4.69, 9.17) is 16.3 Å². The van der Waals surface area contributed by atoms with Gasteiger partial charge in [0.2, 0.25) is 11.8 Å². The molecule has 0 bridgehead atoms. The standard InChI is InChI=1S/C27H29BrClN3O5S/c1-4-30-27(34)19(2)31(17-20-8-10-21(28)11-9-20)26(33)18-32(23-7-5-6-22(29)16-23)38(35,36)25-14-12-24(37-3)13-15-25/h5-16,19H,4,17-18H2,1-3H3,(H,30,34)/t19-/m0/s1. The molecule has 0 saturated heterocycles. The Morgan fingerprint density at radius 1 is 1.05 bits per heavy atom. The number of rotatable bonds is 11. The first-order chi connectivity index (χ1) is 18.1.